The molecular formula is C13H13BrFN3. The van der Waals surface area contributed by atoms with E-state index < -0.39 is 0 Å². The minimum Gasteiger partial charge on any atom is -0.271 e. The van der Waals surface area contributed by atoms with E-state index >= 15 is 0 Å². The fourth-order valence-corrected chi connectivity index (χ4v) is 2.28. The molecule has 0 saturated heterocycles. The van der Waals surface area contributed by atoms with Crippen LogP contribution in [0.25, 0.3) is 0 Å². The van der Waals surface area contributed by atoms with E-state index in [4.69, 9.17) is 5.84 Å². The van der Waals surface area contributed by atoms with Gasteiger partial charge in [0.2, 0.25) is 0 Å². The number of nitrogens with one attached hydrogen (secondary N) is 1. The molecule has 0 aliphatic rings. The maximum atomic E-state index is 13.4. The molecule has 1 unspecified atom stereocenters. The van der Waals surface area contributed by atoms with Crippen LogP contribution in [0.2, 0.25) is 0 Å². The number of hydrogen-bond donors (Lipinski definition) is 2. The van der Waals surface area contributed by atoms with Crippen LogP contribution in [-0.2, 0) is 0 Å². The average molecular weight is 310 g/mol. The van der Waals surface area contributed by atoms with Crippen molar-refractivity contribution in [2.45, 2.75) is 13.0 Å². The predicted molar refractivity (Wildman–Crippen MR) is 72.2 cm³/mol. The third-order valence-corrected chi connectivity index (χ3v) is 3.06. The lowest BCUT2D eigenvalue weighted by molar-refractivity contribution is 0.603. The van der Waals surface area contributed by atoms with E-state index in [9.17, 15) is 4.39 Å². The fourth-order valence-electron chi connectivity index (χ4n) is 1.90. The second-order valence-corrected chi connectivity index (χ2v) is 5.01. The summed E-state index contributed by atoms with van der Waals surface area (Å²) in [7, 11) is 0. The molecule has 3 nitrogen and oxygen atoms in total. The SMILES string of the molecule is Cc1cc(F)cc(C(NN)c2cncc(Br)c2)c1. The first-order valence-electron chi connectivity index (χ1n) is 5.44. The zero-order chi connectivity index (χ0) is 13.1. The topological polar surface area (TPSA) is 50.9 Å². The van der Waals surface area contributed by atoms with Gasteiger partial charge in [-0.05, 0) is 57.7 Å². The van der Waals surface area contributed by atoms with Gasteiger partial charge in [0.1, 0.15) is 5.82 Å². The normalized spacial score (nSPS) is 12.4. The molecule has 1 aromatic heterocycles. The quantitative estimate of drug-likeness (QED) is 0.677. The van der Waals surface area contributed by atoms with Gasteiger partial charge in [0.15, 0.2) is 0 Å². The smallest absolute Gasteiger partial charge is 0.123 e. The van der Waals surface area contributed by atoms with E-state index in [0.29, 0.717) is 0 Å². The summed E-state index contributed by atoms with van der Waals surface area (Å²) in [5.41, 5.74) is 5.19. The van der Waals surface area contributed by atoms with Crippen molar-refractivity contribution < 1.29 is 4.39 Å². The fraction of sp³-hybridized carbons (Fsp3) is 0.154. The third-order valence-electron chi connectivity index (χ3n) is 2.62. The number of hydrazine groups is 1. The lowest BCUT2D eigenvalue weighted by Crippen LogP contribution is -2.29. The standard InChI is InChI=1S/C13H13BrFN3/c1-8-2-9(5-12(15)3-8)13(18-16)10-4-11(14)7-17-6-10/h2-7,13,18H,16H2,1H3. The van der Waals surface area contributed by atoms with Gasteiger partial charge in [0.25, 0.3) is 0 Å². The second-order valence-electron chi connectivity index (χ2n) is 4.10. The Kier molecular flexibility index (Phi) is 4.06. The zero-order valence-corrected chi connectivity index (χ0v) is 11.4. The van der Waals surface area contributed by atoms with Crippen LogP contribution in [0.3, 0.4) is 0 Å². The highest BCUT2D eigenvalue weighted by atomic mass is 79.9. The summed E-state index contributed by atoms with van der Waals surface area (Å²) in [4.78, 5) is 4.09. The van der Waals surface area contributed by atoms with Crippen LogP contribution < -0.4 is 11.3 Å². The highest BCUT2D eigenvalue weighted by Gasteiger charge is 2.14. The molecule has 18 heavy (non-hydrogen) atoms. The summed E-state index contributed by atoms with van der Waals surface area (Å²) < 4.78 is 14.3. The molecule has 0 amide bonds. The molecule has 2 rings (SSSR count). The Hall–Kier alpha value is -1.30. The summed E-state index contributed by atoms with van der Waals surface area (Å²) in [6.07, 6.45) is 3.39. The second kappa shape index (κ2) is 5.56. The molecule has 0 saturated carbocycles. The minimum absolute atomic E-state index is 0.270. The maximum Gasteiger partial charge on any atom is 0.123 e. The van der Waals surface area contributed by atoms with Crippen molar-refractivity contribution >= 4 is 15.9 Å². The predicted octanol–water partition coefficient (Wildman–Crippen LogP) is 2.84. The Morgan fingerprint density at radius 1 is 1.22 bits per heavy atom. The van der Waals surface area contributed by atoms with Gasteiger partial charge in [-0.2, -0.15) is 0 Å². The van der Waals surface area contributed by atoms with E-state index in [1.54, 1.807) is 12.4 Å². The van der Waals surface area contributed by atoms with Gasteiger partial charge < -0.3 is 0 Å². The van der Waals surface area contributed by atoms with Gasteiger partial charge >= 0.3 is 0 Å². The highest BCUT2D eigenvalue weighted by molar-refractivity contribution is 9.10. The largest absolute Gasteiger partial charge is 0.271 e. The molecule has 1 heterocycles. The number of nitrogens with two attached hydrogens (primary N) is 1. The molecule has 94 valence electrons. The Balaban J connectivity index is 2.45. The first-order chi connectivity index (χ1) is 8.60. The van der Waals surface area contributed by atoms with Crippen molar-refractivity contribution in [1.82, 2.24) is 10.4 Å². The van der Waals surface area contributed by atoms with Crippen molar-refractivity contribution in [3.8, 4) is 0 Å². The first kappa shape index (κ1) is 13.1. The maximum absolute atomic E-state index is 13.4. The summed E-state index contributed by atoms with van der Waals surface area (Å²) in [6, 6.07) is 6.46. The number of nitrogens with zero attached hydrogens (tertiary/aromatic N) is 1. The minimum atomic E-state index is -0.288. The van der Waals surface area contributed by atoms with E-state index in [2.05, 4.69) is 26.3 Å². The molecule has 0 spiro atoms. The lowest BCUT2D eigenvalue weighted by Gasteiger charge is -2.17. The van der Waals surface area contributed by atoms with Crippen molar-refractivity contribution in [2.75, 3.05) is 0 Å². The number of rotatable bonds is 3. The van der Waals surface area contributed by atoms with Crippen LogP contribution in [0, 0.1) is 12.7 Å². The number of aryl methyl sites for hydroxylation is 1. The third kappa shape index (κ3) is 2.93. The number of pyridine rings is 1. The van der Waals surface area contributed by atoms with E-state index in [1.165, 1.54) is 12.1 Å². The van der Waals surface area contributed by atoms with Crippen molar-refractivity contribution in [1.29, 1.82) is 0 Å². The summed E-state index contributed by atoms with van der Waals surface area (Å²) in [5, 5.41) is 0. The number of hydrogen-bond acceptors (Lipinski definition) is 3. The van der Waals surface area contributed by atoms with Gasteiger partial charge in [-0.25, -0.2) is 9.82 Å². The lowest BCUT2D eigenvalue weighted by atomic mass is 9.99. The van der Waals surface area contributed by atoms with E-state index in [-0.39, 0.29) is 11.9 Å². The Labute approximate surface area is 113 Å². The van der Waals surface area contributed by atoms with Crippen LogP contribution in [0.15, 0.2) is 41.1 Å². The van der Waals surface area contributed by atoms with Gasteiger partial charge in [0.05, 0.1) is 6.04 Å². The number of benzene rings is 1. The Morgan fingerprint density at radius 3 is 2.61 bits per heavy atom. The van der Waals surface area contributed by atoms with Crippen LogP contribution in [0.5, 0.6) is 0 Å². The van der Waals surface area contributed by atoms with Gasteiger partial charge in [-0.3, -0.25) is 10.8 Å². The van der Waals surface area contributed by atoms with Crippen LogP contribution in [-0.4, -0.2) is 4.98 Å². The monoisotopic (exact) mass is 309 g/mol. The Bertz CT molecular complexity index is 539. The van der Waals surface area contributed by atoms with Crippen LogP contribution >= 0.6 is 15.9 Å². The van der Waals surface area contributed by atoms with E-state index in [1.807, 2.05) is 19.1 Å². The van der Waals surface area contributed by atoms with E-state index in [0.717, 1.165) is 21.2 Å². The van der Waals surface area contributed by atoms with Crippen molar-refractivity contribution in [2.24, 2.45) is 5.84 Å². The van der Waals surface area contributed by atoms with Crippen LogP contribution in [0.4, 0.5) is 4.39 Å². The molecule has 0 fully saturated rings. The number of aromatic nitrogens is 1. The summed E-state index contributed by atoms with van der Waals surface area (Å²) >= 11 is 3.36. The first-order valence-corrected chi connectivity index (χ1v) is 6.23. The molecule has 0 aliphatic heterocycles. The van der Waals surface area contributed by atoms with Gasteiger partial charge in [0, 0.05) is 16.9 Å². The zero-order valence-electron chi connectivity index (χ0n) is 9.82. The Morgan fingerprint density at radius 2 is 2.00 bits per heavy atom. The highest BCUT2D eigenvalue weighted by Crippen LogP contribution is 2.24. The molecule has 2 aromatic rings. The van der Waals surface area contributed by atoms with Gasteiger partial charge in [-0.1, -0.05) is 6.07 Å². The average Bonchev–Trinajstić information content (AvgIpc) is 2.28. The summed E-state index contributed by atoms with van der Waals surface area (Å²) in [5.74, 6) is 5.30. The molecule has 5 heteroatoms. The molecule has 0 bridgehead atoms. The van der Waals surface area contributed by atoms with Crippen molar-refractivity contribution in [3.05, 3.63) is 63.6 Å². The molecular weight excluding hydrogens is 297 g/mol. The molecule has 1 atom stereocenters. The number of halogens is 2. The van der Waals surface area contributed by atoms with Gasteiger partial charge in [-0.15, -0.1) is 0 Å². The summed E-state index contributed by atoms with van der Waals surface area (Å²) in [6.45, 7) is 1.85. The molecule has 1 aromatic carbocycles. The molecule has 0 radical (unpaired) electrons. The molecule has 3 N–H and O–H groups in total. The van der Waals surface area contributed by atoms with Crippen molar-refractivity contribution in [3.63, 3.8) is 0 Å². The molecule has 0 aliphatic carbocycles. The van der Waals surface area contributed by atoms with Crippen LogP contribution in [0.1, 0.15) is 22.7 Å².